The first kappa shape index (κ1) is 17.0. The highest BCUT2D eigenvalue weighted by Gasteiger charge is 2.33. The minimum Gasteiger partial charge on any atom is -0.497 e. The van der Waals surface area contributed by atoms with Crippen molar-refractivity contribution in [3.05, 3.63) is 53.9 Å². The van der Waals surface area contributed by atoms with E-state index in [1.807, 2.05) is 25.1 Å². The number of carbonyl (C=O) groups is 2. The molecule has 0 aliphatic carbocycles. The van der Waals surface area contributed by atoms with Crippen LogP contribution in [0.5, 0.6) is 5.75 Å². The number of carbonyl (C=O) groups excluding carboxylic acids is 2. The van der Waals surface area contributed by atoms with Crippen LogP contribution in [0.25, 0.3) is 0 Å². The highest BCUT2D eigenvalue weighted by Crippen LogP contribution is 2.36. The molecule has 0 fully saturated rings. The molecule has 1 unspecified atom stereocenters. The van der Waals surface area contributed by atoms with Crippen molar-refractivity contribution in [3.8, 4) is 5.75 Å². The molecule has 0 radical (unpaired) electrons. The molecule has 1 N–H and O–H groups in total. The van der Waals surface area contributed by atoms with Gasteiger partial charge in [0.05, 0.1) is 13.0 Å². The molecule has 25 heavy (non-hydrogen) atoms. The van der Waals surface area contributed by atoms with Gasteiger partial charge >= 0.3 is 0 Å². The summed E-state index contributed by atoms with van der Waals surface area (Å²) < 4.78 is 5.27. The van der Waals surface area contributed by atoms with E-state index in [1.165, 1.54) is 0 Å². The second kappa shape index (κ2) is 7.34. The van der Waals surface area contributed by atoms with E-state index in [1.54, 1.807) is 36.5 Å². The van der Waals surface area contributed by atoms with Crippen LogP contribution in [0, 0.1) is 0 Å². The van der Waals surface area contributed by atoms with E-state index in [4.69, 9.17) is 4.74 Å². The molecule has 0 saturated carbocycles. The van der Waals surface area contributed by atoms with E-state index < -0.39 is 5.92 Å². The molecule has 1 atom stereocenters. The van der Waals surface area contributed by atoms with Gasteiger partial charge < -0.3 is 15.0 Å². The van der Waals surface area contributed by atoms with Crippen LogP contribution in [0.2, 0.25) is 0 Å². The number of pyridine rings is 1. The minimum atomic E-state index is -0.499. The number of methoxy groups -OCH3 is 1. The Morgan fingerprint density at radius 2 is 2.08 bits per heavy atom. The number of likely N-dealkylation sites (N-methyl/N-ethyl adjacent to an activating group) is 1. The number of fused-ring (bicyclic) bond motifs is 1. The number of anilines is 1. The molecule has 3 rings (SSSR count). The predicted octanol–water partition coefficient (Wildman–Crippen LogP) is 2.56. The number of hydrogen-bond donors (Lipinski definition) is 1. The summed E-state index contributed by atoms with van der Waals surface area (Å²) in [7, 11) is 1.59. The molecule has 0 saturated heterocycles. The summed E-state index contributed by atoms with van der Waals surface area (Å²) in [5.41, 5.74) is 2.49. The lowest BCUT2D eigenvalue weighted by Crippen LogP contribution is -2.38. The van der Waals surface area contributed by atoms with Crippen molar-refractivity contribution in [1.29, 1.82) is 0 Å². The third-order valence-electron chi connectivity index (χ3n) is 4.41. The standard InChI is InChI=1S/C19H21N3O3/c1-3-22(12-13-6-8-20-9-7-13)19(24)16-11-18(23)21-17-5-4-14(25-2)10-15(16)17/h4-10,16H,3,11-12H2,1-2H3,(H,21,23). The van der Waals surface area contributed by atoms with Crippen LogP contribution in [-0.4, -0.2) is 35.4 Å². The lowest BCUT2D eigenvalue weighted by atomic mass is 9.89. The SMILES string of the molecule is CCN(Cc1ccncc1)C(=O)C1CC(=O)Nc2ccc(OC)cc21. The van der Waals surface area contributed by atoms with Crippen molar-refractivity contribution in [2.75, 3.05) is 19.0 Å². The summed E-state index contributed by atoms with van der Waals surface area (Å²) in [5.74, 6) is -0.0230. The molecular weight excluding hydrogens is 318 g/mol. The largest absolute Gasteiger partial charge is 0.497 e. The molecule has 0 spiro atoms. The predicted molar refractivity (Wildman–Crippen MR) is 94.3 cm³/mol. The van der Waals surface area contributed by atoms with Gasteiger partial charge in [-0.2, -0.15) is 0 Å². The summed E-state index contributed by atoms with van der Waals surface area (Å²) in [4.78, 5) is 30.9. The third-order valence-corrected chi connectivity index (χ3v) is 4.41. The van der Waals surface area contributed by atoms with Gasteiger partial charge in [0.1, 0.15) is 5.75 Å². The van der Waals surface area contributed by atoms with Crippen molar-refractivity contribution < 1.29 is 14.3 Å². The summed E-state index contributed by atoms with van der Waals surface area (Å²) >= 11 is 0. The zero-order chi connectivity index (χ0) is 17.8. The van der Waals surface area contributed by atoms with E-state index in [2.05, 4.69) is 10.3 Å². The second-order valence-corrected chi connectivity index (χ2v) is 5.97. The lowest BCUT2D eigenvalue weighted by molar-refractivity contribution is -0.135. The number of aromatic nitrogens is 1. The fraction of sp³-hybridized carbons (Fsp3) is 0.316. The van der Waals surface area contributed by atoms with Gasteiger partial charge in [-0.15, -0.1) is 0 Å². The summed E-state index contributed by atoms with van der Waals surface area (Å²) in [5, 5.41) is 2.83. The maximum Gasteiger partial charge on any atom is 0.231 e. The maximum atomic E-state index is 13.1. The Morgan fingerprint density at radius 3 is 2.76 bits per heavy atom. The highest BCUT2D eigenvalue weighted by molar-refractivity contribution is 6.01. The highest BCUT2D eigenvalue weighted by atomic mass is 16.5. The van der Waals surface area contributed by atoms with Crippen LogP contribution in [-0.2, 0) is 16.1 Å². The first-order valence-electron chi connectivity index (χ1n) is 8.27. The molecule has 2 aromatic rings. The Bertz CT molecular complexity index is 777. The average Bonchev–Trinajstić information content (AvgIpc) is 2.65. The van der Waals surface area contributed by atoms with Crippen molar-refractivity contribution in [2.45, 2.75) is 25.8 Å². The fourth-order valence-corrected chi connectivity index (χ4v) is 3.06. The monoisotopic (exact) mass is 339 g/mol. The van der Waals surface area contributed by atoms with Crippen LogP contribution in [0.15, 0.2) is 42.7 Å². The number of hydrogen-bond acceptors (Lipinski definition) is 4. The summed E-state index contributed by atoms with van der Waals surface area (Å²) in [6.45, 7) is 3.00. The molecule has 6 heteroatoms. The van der Waals surface area contributed by atoms with Gasteiger partial charge in [0, 0.05) is 37.6 Å². The van der Waals surface area contributed by atoms with Gasteiger partial charge in [-0.3, -0.25) is 14.6 Å². The Balaban J connectivity index is 1.89. The summed E-state index contributed by atoms with van der Waals surface area (Å²) in [6.07, 6.45) is 3.57. The van der Waals surface area contributed by atoms with Gasteiger partial charge in [0.15, 0.2) is 0 Å². The number of nitrogens with one attached hydrogen (secondary N) is 1. The number of rotatable bonds is 5. The van der Waals surface area contributed by atoms with E-state index in [-0.39, 0.29) is 18.2 Å². The molecular formula is C19H21N3O3. The second-order valence-electron chi connectivity index (χ2n) is 5.97. The van der Waals surface area contributed by atoms with Crippen molar-refractivity contribution in [1.82, 2.24) is 9.88 Å². The number of nitrogens with zero attached hydrogens (tertiary/aromatic N) is 2. The first-order chi connectivity index (χ1) is 12.1. The molecule has 2 amide bonds. The van der Waals surface area contributed by atoms with E-state index >= 15 is 0 Å². The third kappa shape index (κ3) is 3.63. The molecule has 1 aliphatic heterocycles. The first-order valence-corrected chi connectivity index (χ1v) is 8.27. The van der Waals surface area contributed by atoms with Crippen molar-refractivity contribution >= 4 is 17.5 Å². The Kier molecular flexibility index (Phi) is 4.97. The van der Waals surface area contributed by atoms with Crippen LogP contribution in [0.1, 0.15) is 30.4 Å². The van der Waals surface area contributed by atoms with Crippen molar-refractivity contribution in [3.63, 3.8) is 0 Å². The molecule has 0 bridgehead atoms. The number of benzene rings is 1. The fourth-order valence-electron chi connectivity index (χ4n) is 3.06. The maximum absolute atomic E-state index is 13.1. The van der Waals surface area contributed by atoms with Crippen LogP contribution in [0.3, 0.4) is 0 Å². The Morgan fingerprint density at radius 1 is 1.32 bits per heavy atom. The van der Waals surface area contributed by atoms with Crippen LogP contribution < -0.4 is 10.1 Å². The Labute approximate surface area is 146 Å². The van der Waals surface area contributed by atoms with E-state index in [9.17, 15) is 9.59 Å². The lowest BCUT2D eigenvalue weighted by Gasteiger charge is -2.30. The van der Waals surface area contributed by atoms with E-state index in [0.29, 0.717) is 24.5 Å². The molecule has 2 heterocycles. The van der Waals surface area contributed by atoms with Gasteiger partial charge in [0.25, 0.3) is 0 Å². The zero-order valence-corrected chi connectivity index (χ0v) is 14.4. The normalized spacial score (nSPS) is 15.9. The van der Waals surface area contributed by atoms with Crippen LogP contribution in [0.4, 0.5) is 5.69 Å². The number of amides is 2. The van der Waals surface area contributed by atoms with Crippen LogP contribution >= 0.6 is 0 Å². The summed E-state index contributed by atoms with van der Waals surface area (Å²) in [6, 6.07) is 9.17. The molecule has 1 aromatic heterocycles. The topological polar surface area (TPSA) is 71.5 Å². The molecule has 130 valence electrons. The van der Waals surface area contributed by atoms with Gasteiger partial charge in [0.2, 0.25) is 11.8 Å². The Hall–Kier alpha value is -2.89. The molecule has 6 nitrogen and oxygen atoms in total. The molecule has 1 aromatic carbocycles. The quantitative estimate of drug-likeness (QED) is 0.909. The smallest absolute Gasteiger partial charge is 0.231 e. The van der Waals surface area contributed by atoms with Gasteiger partial charge in [-0.25, -0.2) is 0 Å². The average molecular weight is 339 g/mol. The molecule has 1 aliphatic rings. The van der Waals surface area contributed by atoms with Gasteiger partial charge in [-0.05, 0) is 48.4 Å². The van der Waals surface area contributed by atoms with Gasteiger partial charge in [-0.1, -0.05) is 0 Å². The van der Waals surface area contributed by atoms with E-state index in [0.717, 1.165) is 11.1 Å². The minimum absolute atomic E-state index is 0.0522. The zero-order valence-electron chi connectivity index (χ0n) is 14.4. The van der Waals surface area contributed by atoms with Crippen molar-refractivity contribution in [2.24, 2.45) is 0 Å². The number of ether oxygens (including phenoxy) is 1.